The van der Waals surface area contributed by atoms with Gasteiger partial charge in [-0.25, -0.2) is 0 Å². The molecule has 3 N–H and O–H groups in total. The molecule has 5 nitrogen and oxygen atoms in total. The van der Waals surface area contributed by atoms with Crippen LogP contribution in [0.5, 0.6) is 11.5 Å². The summed E-state index contributed by atoms with van der Waals surface area (Å²) in [4.78, 5) is 10.9. The summed E-state index contributed by atoms with van der Waals surface area (Å²) in [5, 5.41) is 9.69. The number of carbonyl (C=O) groups excluding carboxylic acids is 1. The van der Waals surface area contributed by atoms with Crippen molar-refractivity contribution in [3.05, 3.63) is 35.2 Å². The van der Waals surface area contributed by atoms with Crippen LogP contribution in [0.3, 0.4) is 0 Å². The second kappa shape index (κ2) is 6.96. The van der Waals surface area contributed by atoms with E-state index in [1.165, 1.54) is 0 Å². The molecule has 1 aromatic carbocycles. The van der Waals surface area contributed by atoms with Crippen LogP contribution in [-0.4, -0.2) is 17.5 Å². The van der Waals surface area contributed by atoms with Gasteiger partial charge >= 0.3 is 0 Å². The van der Waals surface area contributed by atoms with Crippen LogP contribution in [0.25, 0.3) is 0 Å². The first-order valence-electron chi connectivity index (χ1n) is 6.42. The predicted octanol–water partition coefficient (Wildman–Crippen LogP) is 2.30. The maximum Gasteiger partial charge on any atom is 0.187 e. The van der Waals surface area contributed by atoms with Crippen molar-refractivity contribution in [3.8, 4) is 11.5 Å². The first-order valence-corrected chi connectivity index (χ1v) is 6.42. The Morgan fingerprint density at radius 1 is 1.25 bits per heavy atom. The Bertz CT molecular complexity index is 503. The number of rotatable bonds is 6. The van der Waals surface area contributed by atoms with Crippen molar-refractivity contribution < 1.29 is 19.4 Å². The standard InChI is InChI=1S/C15H21NO4/c1-9(2)19-13-5-12(11(4)18)6-14(7-13)20-15(8-17)10(3)16/h5-9,11,18H,16H2,1-4H3/b15-10+. The minimum Gasteiger partial charge on any atom is -0.491 e. The van der Waals surface area contributed by atoms with Crippen LogP contribution in [-0.2, 0) is 4.79 Å². The molecular formula is C15H21NO4. The fraction of sp³-hybridized carbons (Fsp3) is 0.400. The molecule has 0 saturated carbocycles. The number of hydrogen-bond acceptors (Lipinski definition) is 5. The Morgan fingerprint density at radius 2 is 1.85 bits per heavy atom. The summed E-state index contributed by atoms with van der Waals surface area (Å²) in [5.74, 6) is 1.00. The van der Waals surface area contributed by atoms with E-state index in [0.29, 0.717) is 23.3 Å². The van der Waals surface area contributed by atoms with Crippen molar-refractivity contribution in [2.75, 3.05) is 0 Å². The Kier molecular flexibility index (Phi) is 5.58. The van der Waals surface area contributed by atoms with Crippen molar-refractivity contribution in [2.45, 2.75) is 39.9 Å². The molecule has 5 heteroatoms. The molecule has 20 heavy (non-hydrogen) atoms. The normalized spacial score (nSPS) is 13.7. The number of ether oxygens (including phenoxy) is 2. The van der Waals surface area contributed by atoms with Gasteiger partial charge in [0.1, 0.15) is 11.5 Å². The average molecular weight is 279 g/mol. The molecule has 0 spiro atoms. The van der Waals surface area contributed by atoms with E-state index >= 15 is 0 Å². The molecule has 0 fully saturated rings. The molecule has 0 radical (unpaired) electrons. The minimum absolute atomic E-state index is 0.00979. The van der Waals surface area contributed by atoms with Gasteiger partial charge in [0.25, 0.3) is 0 Å². The summed E-state index contributed by atoms with van der Waals surface area (Å²) >= 11 is 0. The molecule has 0 bridgehead atoms. The van der Waals surface area contributed by atoms with Crippen LogP contribution in [0.2, 0.25) is 0 Å². The van der Waals surface area contributed by atoms with Crippen molar-refractivity contribution in [1.82, 2.24) is 0 Å². The van der Waals surface area contributed by atoms with E-state index in [-0.39, 0.29) is 17.6 Å². The molecule has 0 aliphatic carbocycles. The third-order valence-electron chi connectivity index (χ3n) is 2.48. The number of carbonyl (C=O) groups is 1. The van der Waals surface area contributed by atoms with E-state index in [0.717, 1.165) is 0 Å². The van der Waals surface area contributed by atoms with Gasteiger partial charge in [-0.05, 0) is 45.4 Å². The van der Waals surface area contributed by atoms with Crippen LogP contribution in [0.4, 0.5) is 0 Å². The van der Waals surface area contributed by atoms with Gasteiger partial charge in [-0.3, -0.25) is 4.79 Å². The molecule has 1 unspecified atom stereocenters. The maximum atomic E-state index is 10.9. The highest BCUT2D eigenvalue weighted by Crippen LogP contribution is 2.28. The maximum absolute atomic E-state index is 10.9. The molecule has 0 aliphatic heterocycles. The highest BCUT2D eigenvalue weighted by atomic mass is 16.5. The number of nitrogens with two attached hydrogens (primary N) is 1. The molecule has 0 saturated heterocycles. The summed E-state index contributed by atoms with van der Waals surface area (Å²) < 4.78 is 11.0. The van der Waals surface area contributed by atoms with Gasteiger partial charge in [-0.1, -0.05) is 0 Å². The van der Waals surface area contributed by atoms with Crippen LogP contribution < -0.4 is 15.2 Å². The Morgan fingerprint density at radius 3 is 2.30 bits per heavy atom. The smallest absolute Gasteiger partial charge is 0.187 e. The zero-order valence-corrected chi connectivity index (χ0v) is 12.2. The highest BCUT2D eigenvalue weighted by Gasteiger charge is 2.10. The SMILES string of the molecule is C/C(N)=C(/C=O)Oc1cc(OC(C)C)cc(C(C)O)c1. The number of hydrogen-bond donors (Lipinski definition) is 2. The van der Waals surface area contributed by atoms with Gasteiger partial charge in [0.05, 0.1) is 17.9 Å². The Hall–Kier alpha value is -2.01. The van der Waals surface area contributed by atoms with Crippen molar-refractivity contribution >= 4 is 6.29 Å². The minimum atomic E-state index is -0.671. The number of aliphatic hydroxyl groups excluding tert-OH is 1. The van der Waals surface area contributed by atoms with Crippen LogP contribution in [0.15, 0.2) is 29.7 Å². The quantitative estimate of drug-likeness (QED) is 0.474. The third kappa shape index (κ3) is 4.59. The largest absolute Gasteiger partial charge is 0.491 e. The van der Waals surface area contributed by atoms with Crippen LogP contribution >= 0.6 is 0 Å². The summed E-state index contributed by atoms with van der Waals surface area (Å²) in [6, 6.07) is 5.03. The van der Waals surface area contributed by atoms with Crippen LogP contribution in [0.1, 0.15) is 39.4 Å². The van der Waals surface area contributed by atoms with E-state index in [2.05, 4.69) is 0 Å². The number of aliphatic hydroxyl groups is 1. The van der Waals surface area contributed by atoms with Crippen molar-refractivity contribution in [1.29, 1.82) is 0 Å². The lowest BCUT2D eigenvalue weighted by Gasteiger charge is -2.15. The fourth-order valence-corrected chi connectivity index (χ4v) is 1.56. The molecule has 0 aromatic heterocycles. The zero-order valence-electron chi connectivity index (χ0n) is 12.2. The molecule has 1 atom stereocenters. The van der Waals surface area contributed by atoms with E-state index in [4.69, 9.17) is 15.2 Å². The topological polar surface area (TPSA) is 81.8 Å². The molecule has 1 aromatic rings. The monoisotopic (exact) mass is 279 g/mol. The molecule has 0 aliphatic rings. The van der Waals surface area contributed by atoms with E-state index in [9.17, 15) is 9.90 Å². The van der Waals surface area contributed by atoms with Crippen molar-refractivity contribution in [2.24, 2.45) is 5.73 Å². The second-order valence-corrected chi connectivity index (χ2v) is 4.85. The first kappa shape index (κ1) is 16.0. The molecular weight excluding hydrogens is 258 g/mol. The lowest BCUT2D eigenvalue weighted by atomic mass is 10.1. The Balaban J connectivity index is 3.15. The fourth-order valence-electron chi connectivity index (χ4n) is 1.56. The van der Waals surface area contributed by atoms with Gasteiger partial charge in [0.15, 0.2) is 12.0 Å². The second-order valence-electron chi connectivity index (χ2n) is 4.85. The molecule has 1 rings (SSSR count). The van der Waals surface area contributed by atoms with Gasteiger partial charge in [-0.2, -0.15) is 0 Å². The number of allylic oxidation sites excluding steroid dienone is 2. The lowest BCUT2D eigenvalue weighted by molar-refractivity contribution is -0.106. The van der Waals surface area contributed by atoms with E-state index in [1.54, 1.807) is 32.0 Å². The van der Waals surface area contributed by atoms with Gasteiger partial charge < -0.3 is 20.3 Å². The summed E-state index contributed by atoms with van der Waals surface area (Å²) in [6.45, 7) is 7.02. The third-order valence-corrected chi connectivity index (χ3v) is 2.48. The number of benzene rings is 1. The van der Waals surface area contributed by atoms with E-state index < -0.39 is 6.10 Å². The summed E-state index contributed by atoms with van der Waals surface area (Å²) in [5.41, 5.74) is 6.48. The summed E-state index contributed by atoms with van der Waals surface area (Å²) in [6.07, 6.45) is -0.131. The summed E-state index contributed by atoms with van der Waals surface area (Å²) in [7, 11) is 0. The molecule has 110 valence electrons. The van der Waals surface area contributed by atoms with Gasteiger partial charge in [0, 0.05) is 6.07 Å². The predicted molar refractivity (Wildman–Crippen MR) is 76.4 cm³/mol. The van der Waals surface area contributed by atoms with Crippen LogP contribution in [0, 0.1) is 0 Å². The molecule has 0 heterocycles. The average Bonchev–Trinajstić information content (AvgIpc) is 2.34. The zero-order chi connectivity index (χ0) is 15.3. The Labute approximate surface area is 119 Å². The lowest BCUT2D eigenvalue weighted by Crippen LogP contribution is -2.08. The molecule has 0 amide bonds. The number of aldehydes is 1. The first-order chi connectivity index (χ1) is 9.33. The van der Waals surface area contributed by atoms with E-state index in [1.807, 2.05) is 13.8 Å². The van der Waals surface area contributed by atoms with Gasteiger partial charge in [0.2, 0.25) is 0 Å². The van der Waals surface area contributed by atoms with Crippen molar-refractivity contribution in [3.63, 3.8) is 0 Å². The van der Waals surface area contributed by atoms with Gasteiger partial charge in [-0.15, -0.1) is 0 Å². The highest BCUT2D eigenvalue weighted by molar-refractivity contribution is 5.72.